The molecule has 1 aromatic carbocycles. The van der Waals surface area contributed by atoms with Crippen LogP contribution < -0.4 is 10.1 Å². The van der Waals surface area contributed by atoms with Crippen molar-refractivity contribution in [3.05, 3.63) is 23.3 Å². The first kappa shape index (κ1) is 25.6. The van der Waals surface area contributed by atoms with Crippen molar-refractivity contribution in [3.8, 4) is 5.75 Å². The summed E-state index contributed by atoms with van der Waals surface area (Å²) in [5.74, 6) is -0.750. The number of ether oxygens (including phenoxy) is 5. The van der Waals surface area contributed by atoms with Crippen molar-refractivity contribution in [1.82, 2.24) is 4.90 Å². The van der Waals surface area contributed by atoms with Gasteiger partial charge in [-0.2, -0.15) is 13.2 Å². The fourth-order valence-corrected chi connectivity index (χ4v) is 6.93. The van der Waals surface area contributed by atoms with Crippen molar-refractivity contribution in [1.29, 1.82) is 0 Å². The minimum atomic E-state index is -4.54. The lowest BCUT2D eigenvalue weighted by Crippen LogP contribution is -2.74. The van der Waals surface area contributed by atoms with E-state index < -0.39 is 29.0 Å². The van der Waals surface area contributed by atoms with E-state index in [4.69, 9.17) is 23.7 Å². The molecule has 3 fully saturated rings. The van der Waals surface area contributed by atoms with Gasteiger partial charge < -0.3 is 29.0 Å². The zero-order valence-corrected chi connectivity index (χ0v) is 20.9. The highest BCUT2D eigenvalue weighted by atomic mass is 19.4. The van der Waals surface area contributed by atoms with E-state index in [2.05, 4.69) is 10.2 Å². The molecule has 4 aliphatic heterocycles. The number of esters is 1. The van der Waals surface area contributed by atoms with E-state index in [1.54, 1.807) is 7.11 Å². The third-order valence-electron chi connectivity index (χ3n) is 8.57. The SMILES string of the molecule is COC(=O)C(C(C)OC)[C@@H]1CCN2CC[C@@]34OCCO[C@@]3(Nc3cc(C(F)(F)F)cc(OC)c34)C2C1. The van der Waals surface area contributed by atoms with Crippen LogP contribution in [0.4, 0.5) is 18.9 Å². The van der Waals surface area contributed by atoms with Crippen LogP contribution in [0.3, 0.4) is 0 Å². The molecule has 1 aromatic rings. The van der Waals surface area contributed by atoms with Gasteiger partial charge in [-0.1, -0.05) is 0 Å². The normalized spacial score (nSPS) is 33.3. The molecule has 3 unspecified atom stereocenters. The monoisotopic (exact) mass is 514 g/mol. The fraction of sp³-hybridized carbons (Fsp3) is 0.720. The Morgan fingerprint density at radius 3 is 2.61 bits per heavy atom. The molecule has 5 rings (SSSR count). The molecule has 3 saturated heterocycles. The lowest BCUT2D eigenvalue weighted by molar-refractivity contribution is -0.296. The number of rotatable bonds is 5. The lowest BCUT2D eigenvalue weighted by atomic mass is 9.68. The van der Waals surface area contributed by atoms with Crippen LogP contribution in [0, 0.1) is 11.8 Å². The van der Waals surface area contributed by atoms with E-state index >= 15 is 0 Å². The summed E-state index contributed by atoms with van der Waals surface area (Å²) in [5.41, 5.74) is -2.07. The minimum absolute atomic E-state index is 0.0671. The number of nitrogens with one attached hydrogen (secondary N) is 1. The number of fused-ring (bicyclic) bond motifs is 2. The molecule has 0 saturated carbocycles. The first-order chi connectivity index (χ1) is 17.1. The number of nitrogens with zero attached hydrogens (tertiary/aromatic N) is 1. The number of carbonyl (C=O) groups is 1. The highest BCUT2D eigenvalue weighted by Gasteiger charge is 2.70. The van der Waals surface area contributed by atoms with Gasteiger partial charge in [-0.3, -0.25) is 9.69 Å². The average Bonchev–Trinajstić information content (AvgIpc) is 3.19. The van der Waals surface area contributed by atoms with E-state index in [9.17, 15) is 18.0 Å². The van der Waals surface area contributed by atoms with Crippen molar-refractivity contribution in [2.45, 2.75) is 55.8 Å². The summed E-state index contributed by atoms with van der Waals surface area (Å²) in [7, 11) is 4.31. The summed E-state index contributed by atoms with van der Waals surface area (Å²) in [6.45, 7) is 3.85. The summed E-state index contributed by atoms with van der Waals surface area (Å²) in [5, 5.41) is 3.36. The van der Waals surface area contributed by atoms with Gasteiger partial charge in [0.25, 0.3) is 0 Å². The molecule has 0 radical (unpaired) electrons. The molecule has 11 heteroatoms. The zero-order chi connectivity index (χ0) is 25.9. The van der Waals surface area contributed by atoms with Gasteiger partial charge in [-0.15, -0.1) is 0 Å². The summed E-state index contributed by atoms with van der Waals surface area (Å²) in [6.07, 6.45) is -3.03. The van der Waals surface area contributed by atoms with E-state index in [1.807, 2.05) is 6.92 Å². The predicted molar refractivity (Wildman–Crippen MR) is 123 cm³/mol. The van der Waals surface area contributed by atoms with Crippen molar-refractivity contribution >= 4 is 11.7 Å². The van der Waals surface area contributed by atoms with E-state index in [0.717, 1.165) is 18.6 Å². The number of benzene rings is 1. The smallest absolute Gasteiger partial charge is 0.416 e. The van der Waals surface area contributed by atoms with E-state index in [1.165, 1.54) is 14.2 Å². The largest absolute Gasteiger partial charge is 0.496 e. The van der Waals surface area contributed by atoms with Gasteiger partial charge >= 0.3 is 12.1 Å². The average molecular weight is 515 g/mol. The Hall–Kier alpha value is -2.08. The number of hydrogen-bond donors (Lipinski definition) is 1. The second-order valence-corrected chi connectivity index (χ2v) is 10.1. The maximum Gasteiger partial charge on any atom is 0.416 e. The first-order valence-corrected chi connectivity index (χ1v) is 12.3. The van der Waals surface area contributed by atoms with Crippen LogP contribution in [0.25, 0.3) is 0 Å². The molecular formula is C25H33F3N2O6. The van der Waals surface area contributed by atoms with E-state index in [0.29, 0.717) is 50.4 Å². The second-order valence-electron chi connectivity index (χ2n) is 10.1. The first-order valence-electron chi connectivity index (χ1n) is 12.3. The Labute approximate surface area is 208 Å². The Balaban J connectivity index is 1.59. The highest BCUT2D eigenvalue weighted by molar-refractivity contribution is 5.73. The quantitative estimate of drug-likeness (QED) is 0.600. The maximum atomic E-state index is 13.7. The predicted octanol–water partition coefficient (Wildman–Crippen LogP) is 3.39. The minimum Gasteiger partial charge on any atom is -0.496 e. The van der Waals surface area contributed by atoms with Crippen molar-refractivity contribution < 1.29 is 41.7 Å². The molecule has 1 N–H and O–H groups in total. The van der Waals surface area contributed by atoms with Crippen LogP contribution in [-0.2, 0) is 35.5 Å². The third kappa shape index (κ3) is 3.61. The molecule has 0 aliphatic carbocycles. The number of halogens is 3. The van der Waals surface area contributed by atoms with Crippen molar-refractivity contribution in [3.63, 3.8) is 0 Å². The number of hydrogen-bond acceptors (Lipinski definition) is 8. The van der Waals surface area contributed by atoms with Gasteiger partial charge in [0.1, 0.15) is 11.4 Å². The van der Waals surface area contributed by atoms with Gasteiger partial charge in [0.05, 0.1) is 56.6 Å². The Bertz CT molecular complexity index is 1020. The number of carbonyl (C=O) groups excluding carboxylic acids is 1. The van der Waals surface area contributed by atoms with E-state index in [-0.39, 0.29) is 29.8 Å². The highest BCUT2D eigenvalue weighted by Crippen LogP contribution is 2.62. The number of anilines is 1. The van der Waals surface area contributed by atoms with Crippen molar-refractivity contribution in [2.24, 2.45) is 11.8 Å². The molecule has 0 spiro atoms. The molecule has 36 heavy (non-hydrogen) atoms. The molecule has 6 atom stereocenters. The summed E-state index contributed by atoms with van der Waals surface area (Å²) < 4.78 is 70.3. The lowest BCUT2D eigenvalue weighted by Gasteiger charge is -2.60. The van der Waals surface area contributed by atoms with Crippen LogP contribution in [0.5, 0.6) is 5.75 Å². The van der Waals surface area contributed by atoms with Gasteiger partial charge in [0, 0.05) is 19.3 Å². The molecule has 4 heterocycles. The second kappa shape index (κ2) is 9.04. The number of alkyl halides is 3. The molecule has 0 amide bonds. The molecular weight excluding hydrogens is 481 g/mol. The van der Waals surface area contributed by atoms with Crippen LogP contribution in [0.15, 0.2) is 12.1 Å². The van der Waals surface area contributed by atoms with Gasteiger partial charge in [-0.25, -0.2) is 0 Å². The van der Waals surface area contributed by atoms with Crippen LogP contribution in [0.1, 0.15) is 37.3 Å². The molecule has 4 aliphatic rings. The maximum absolute atomic E-state index is 13.7. The summed E-state index contributed by atoms with van der Waals surface area (Å²) in [4.78, 5) is 15.1. The third-order valence-corrected chi connectivity index (χ3v) is 8.57. The fourth-order valence-electron chi connectivity index (χ4n) is 6.93. The number of methoxy groups -OCH3 is 3. The standard InChI is InChI=1S/C25H33F3N2O6/c1-14(32-2)20(22(31)34-4)15-5-7-30-8-6-23-21-17(12-16(25(26,27)28)13-18(21)33-3)29-24(23,19(30)11-15)36-10-9-35-23/h12-15,19-20,29H,5-11H2,1-4H3/t14?,15-,19?,20?,23+,24+/m1/s1. The van der Waals surface area contributed by atoms with Gasteiger partial charge in [0.2, 0.25) is 0 Å². The summed E-state index contributed by atoms with van der Waals surface area (Å²) in [6, 6.07) is 1.90. The Morgan fingerprint density at radius 2 is 1.94 bits per heavy atom. The zero-order valence-electron chi connectivity index (χ0n) is 20.9. The van der Waals surface area contributed by atoms with Crippen LogP contribution in [0.2, 0.25) is 0 Å². The molecule has 0 aromatic heterocycles. The summed E-state index contributed by atoms with van der Waals surface area (Å²) >= 11 is 0. The van der Waals surface area contributed by atoms with Gasteiger partial charge in [0.15, 0.2) is 5.72 Å². The van der Waals surface area contributed by atoms with Crippen LogP contribution >= 0.6 is 0 Å². The van der Waals surface area contributed by atoms with Gasteiger partial charge in [-0.05, 0) is 50.8 Å². The van der Waals surface area contributed by atoms with Crippen LogP contribution in [-0.4, -0.2) is 76.4 Å². The topological polar surface area (TPSA) is 78.5 Å². The molecule has 0 bridgehead atoms. The molecule has 8 nitrogen and oxygen atoms in total. The van der Waals surface area contributed by atoms with Crippen molar-refractivity contribution in [2.75, 3.05) is 52.9 Å². The Morgan fingerprint density at radius 1 is 1.19 bits per heavy atom. The molecule has 200 valence electrons. The Kier molecular flexibility index (Phi) is 6.42. The number of piperidine rings is 2.